The Bertz CT molecular complexity index is 711. The number of halogens is 1. The molecule has 0 radical (unpaired) electrons. The summed E-state index contributed by atoms with van der Waals surface area (Å²) < 4.78 is 5.85. The molecule has 0 spiro atoms. The van der Waals surface area contributed by atoms with Gasteiger partial charge in [-0.05, 0) is 24.3 Å². The van der Waals surface area contributed by atoms with Crippen LogP contribution in [0.1, 0.15) is 11.8 Å². The van der Waals surface area contributed by atoms with Crippen LogP contribution in [0.25, 0.3) is 11.0 Å². The summed E-state index contributed by atoms with van der Waals surface area (Å²) in [4.78, 5) is 1.04. The van der Waals surface area contributed by atoms with Crippen LogP contribution in [0.4, 0.5) is 0 Å². The SMILES string of the molecule is NNC(CSc1ccccc1Cl)c1cc2ccccc2o1. The summed E-state index contributed by atoms with van der Waals surface area (Å²) in [5, 5.41) is 1.83. The molecule has 0 saturated carbocycles. The second-order valence-electron chi connectivity index (χ2n) is 4.65. The number of thioether (sulfide) groups is 1. The van der Waals surface area contributed by atoms with Crippen LogP contribution in [0.15, 0.2) is 63.9 Å². The van der Waals surface area contributed by atoms with Crippen molar-refractivity contribution in [2.45, 2.75) is 10.9 Å². The van der Waals surface area contributed by atoms with E-state index < -0.39 is 0 Å². The average Bonchev–Trinajstić information content (AvgIpc) is 2.93. The van der Waals surface area contributed by atoms with E-state index in [1.165, 1.54) is 0 Å². The standard InChI is InChI=1S/C16H15ClN2OS/c17-12-6-2-4-8-16(12)21-10-13(19-18)15-9-11-5-1-3-7-14(11)20-15/h1-9,13,19H,10,18H2. The van der Waals surface area contributed by atoms with Crippen LogP contribution >= 0.6 is 23.4 Å². The van der Waals surface area contributed by atoms with E-state index in [1.807, 2.05) is 54.6 Å². The number of hydrogen-bond donors (Lipinski definition) is 2. The minimum atomic E-state index is -0.0707. The van der Waals surface area contributed by atoms with Gasteiger partial charge in [-0.15, -0.1) is 11.8 Å². The summed E-state index contributed by atoms with van der Waals surface area (Å²) >= 11 is 7.82. The van der Waals surface area contributed by atoms with Crippen LogP contribution < -0.4 is 11.3 Å². The maximum absolute atomic E-state index is 6.17. The number of nitrogens with two attached hydrogens (primary N) is 1. The molecule has 1 aromatic heterocycles. The number of furan rings is 1. The highest BCUT2D eigenvalue weighted by Crippen LogP contribution is 2.31. The molecular weight excluding hydrogens is 304 g/mol. The first-order valence-corrected chi connectivity index (χ1v) is 7.96. The molecule has 0 aliphatic carbocycles. The number of rotatable bonds is 5. The fourth-order valence-corrected chi connectivity index (χ4v) is 3.41. The molecule has 108 valence electrons. The number of benzene rings is 2. The number of hydrazine groups is 1. The molecule has 0 amide bonds. The quantitative estimate of drug-likeness (QED) is 0.416. The predicted molar refractivity (Wildman–Crippen MR) is 88.5 cm³/mol. The number of hydrogen-bond acceptors (Lipinski definition) is 4. The van der Waals surface area contributed by atoms with Crippen molar-refractivity contribution in [3.63, 3.8) is 0 Å². The maximum Gasteiger partial charge on any atom is 0.134 e. The third-order valence-electron chi connectivity index (χ3n) is 3.23. The second kappa shape index (κ2) is 6.54. The molecule has 1 unspecified atom stereocenters. The molecule has 3 rings (SSSR count). The predicted octanol–water partition coefficient (Wildman–Crippen LogP) is 4.38. The summed E-state index contributed by atoms with van der Waals surface area (Å²) in [6.07, 6.45) is 0. The molecule has 2 aromatic carbocycles. The molecule has 5 heteroatoms. The van der Waals surface area contributed by atoms with Crippen LogP contribution in [0.5, 0.6) is 0 Å². The Morgan fingerprint density at radius 3 is 2.67 bits per heavy atom. The topological polar surface area (TPSA) is 51.2 Å². The normalized spacial score (nSPS) is 12.7. The van der Waals surface area contributed by atoms with Gasteiger partial charge in [-0.2, -0.15) is 0 Å². The highest BCUT2D eigenvalue weighted by Gasteiger charge is 2.16. The molecule has 1 atom stereocenters. The first-order valence-electron chi connectivity index (χ1n) is 6.60. The Balaban J connectivity index is 1.77. The van der Waals surface area contributed by atoms with Crippen LogP contribution in [0, 0.1) is 0 Å². The zero-order valence-electron chi connectivity index (χ0n) is 11.3. The van der Waals surface area contributed by atoms with Gasteiger partial charge >= 0.3 is 0 Å². The highest BCUT2D eigenvalue weighted by molar-refractivity contribution is 7.99. The zero-order chi connectivity index (χ0) is 14.7. The van der Waals surface area contributed by atoms with Crippen molar-refractivity contribution in [1.82, 2.24) is 5.43 Å². The summed E-state index contributed by atoms with van der Waals surface area (Å²) in [5.41, 5.74) is 3.68. The first kappa shape index (κ1) is 14.5. The van der Waals surface area contributed by atoms with Gasteiger partial charge in [0.1, 0.15) is 11.3 Å². The van der Waals surface area contributed by atoms with Crippen molar-refractivity contribution in [2.75, 3.05) is 5.75 Å². The lowest BCUT2D eigenvalue weighted by Gasteiger charge is -2.13. The van der Waals surface area contributed by atoms with Crippen molar-refractivity contribution in [3.8, 4) is 0 Å². The van der Waals surface area contributed by atoms with E-state index in [0.29, 0.717) is 0 Å². The van der Waals surface area contributed by atoms with Crippen LogP contribution in [0.2, 0.25) is 5.02 Å². The lowest BCUT2D eigenvalue weighted by molar-refractivity contribution is 0.464. The van der Waals surface area contributed by atoms with Crippen LogP contribution in [-0.4, -0.2) is 5.75 Å². The van der Waals surface area contributed by atoms with Gasteiger partial charge in [-0.3, -0.25) is 5.84 Å². The second-order valence-corrected chi connectivity index (χ2v) is 6.12. The minimum absolute atomic E-state index is 0.0707. The van der Waals surface area contributed by atoms with E-state index in [-0.39, 0.29) is 6.04 Å². The average molecular weight is 319 g/mol. The van der Waals surface area contributed by atoms with Crippen LogP contribution in [0.3, 0.4) is 0 Å². The van der Waals surface area contributed by atoms with Gasteiger partial charge in [0, 0.05) is 16.0 Å². The third-order valence-corrected chi connectivity index (χ3v) is 4.84. The van der Waals surface area contributed by atoms with E-state index in [4.69, 9.17) is 21.9 Å². The summed E-state index contributed by atoms with van der Waals surface area (Å²) in [6, 6.07) is 17.7. The fourth-order valence-electron chi connectivity index (χ4n) is 2.12. The van der Waals surface area contributed by atoms with E-state index in [1.54, 1.807) is 11.8 Å². The van der Waals surface area contributed by atoms with E-state index in [0.717, 1.165) is 32.4 Å². The molecule has 3 N–H and O–H groups in total. The number of para-hydroxylation sites is 1. The van der Waals surface area contributed by atoms with Gasteiger partial charge in [0.05, 0.1) is 11.1 Å². The largest absolute Gasteiger partial charge is 0.459 e. The van der Waals surface area contributed by atoms with Gasteiger partial charge in [-0.25, -0.2) is 5.43 Å². The molecule has 0 fully saturated rings. The molecule has 0 bridgehead atoms. The van der Waals surface area contributed by atoms with E-state index in [9.17, 15) is 0 Å². The molecule has 0 aliphatic rings. The number of fused-ring (bicyclic) bond motifs is 1. The lowest BCUT2D eigenvalue weighted by atomic mass is 10.2. The Labute approximate surface area is 132 Å². The summed E-state index contributed by atoms with van der Waals surface area (Å²) in [7, 11) is 0. The molecule has 3 aromatic rings. The Hall–Kier alpha value is -1.46. The summed E-state index contributed by atoms with van der Waals surface area (Å²) in [5.74, 6) is 7.24. The van der Waals surface area contributed by atoms with Crippen molar-refractivity contribution < 1.29 is 4.42 Å². The lowest BCUT2D eigenvalue weighted by Crippen LogP contribution is -2.29. The Morgan fingerprint density at radius 2 is 1.90 bits per heavy atom. The van der Waals surface area contributed by atoms with Gasteiger partial charge in [-0.1, -0.05) is 41.9 Å². The van der Waals surface area contributed by atoms with Gasteiger partial charge in [0.15, 0.2) is 0 Å². The van der Waals surface area contributed by atoms with Gasteiger partial charge in [0.25, 0.3) is 0 Å². The highest BCUT2D eigenvalue weighted by atomic mass is 35.5. The first-order chi connectivity index (χ1) is 10.3. The van der Waals surface area contributed by atoms with Crippen molar-refractivity contribution in [3.05, 3.63) is 65.4 Å². The molecule has 1 heterocycles. The Morgan fingerprint density at radius 1 is 1.14 bits per heavy atom. The minimum Gasteiger partial charge on any atom is -0.459 e. The smallest absolute Gasteiger partial charge is 0.134 e. The van der Waals surface area contributed by atoms with Gasteiger partial charge in [0.2, 0.25) is 0 Å². The molecule has 21 heavy (non-hydrogen) atoms. The summed E-state index contributed by atoms with van der Waals surface area (Å²) in [6.45, 7) is 0. The third kappa shape index (κ3) is 3.24. The van der Waals surface area contributed by atoms with Crippen molar-refractivity contribution in [2.24, 2.45) is 5.84 Å². The molecule has 0 aliphatic heterocycles. The fraction of sp³-hybridized carbons (Fsp3) is 0.125. The number of nitrogens with one attached hydrogen (secondary N) is 1. The van der Waals surface area contributed by atoms with Crippen LogP contribution in [-0.2, 0) is 0 Å². The molecule has 3 nitrogen and oxygen atoms in total. The zero-order valence-corrected chi connectivity index (χ0v) is 12.8. The van der Waals surface area contributed by atoms with Gasteiger partial charge < -0.3 is 4.42 Å². The molecule has 0 saturated heterocycles. The molecular formula is C16H15ClN2OS. The van der Waals surface area contributed by atoms with Crippen molar-refractivity contribution in [1.29, 1.82) is 0 Å². The van der Waals surface area contributed by atoms with E-state index in [2.05, 4.69) is 5.43 Å². The maximum atomic E-state index is 6.17. The Kier molecular flexibility index (Phi) is 4.51. The van der Waals surface area contributed by atoms with E-state index >= 15 is 0 Å². The van der Waals surface area contributed by atoms with Crippen molar-refractivity contribution >= 4 is 34.3 Å². The monoisotopic (exact) mass is 318 g/mol.